The summed E-state index contributed by atoms with van der Waals surface area (Å²) in [5.74, 6) is -1.63. The third-order valence-corrected chi connectivity index (χ3v) is 4.32. The van der Waals surface area contributed by atoms with Gasteiger partial charge in [-0.25, -0.2) is 4.79 Å². The van der Waals surface area contributed by atoms with Gasteiger partial charge >= 0.3 is 5.97 Å². The molecule has 1 heterocycles. The molecule has 3 aliphatic rings. The Morgan fingerprint density at radius 1 is 1.28 bits per heavy atom. The van der Waals surface area contributed by atoms with Gasteiger partial charge in [0.1, 0.15) is 0 Å². The first-order chi connectivity index (χ1) is 8.63. The van der Waals surface area contributed by atoms with Crippen molar-refractivity contribution in [2.45, 2.75) is 12.8 Å². The second-order valence-corrected chi connectivity index (χ2v) is 5.67. The molecule has 18 heavy (non-hydrogen) atoms. The molecule has 5 nitrogen and oxygen atoms in total. The van der Waals surface area contributed by atoms with E-state index in [1.807, 2.05) is 12.2 Å². The van der Waals surface area contributed by atoms with Gasteiger partial charge in [0, 0.05) is 5.33 Å². The Morgan fingerprint density at radius 3 is 2.33 bits per heavy atom. The number of rotatable bonds is 3. The highest BCUT2D eigenvalue weighted by atomic mass is 79.9. The van der Waals surface area contributed by atoms with Crippen LogP contribution in [0.3, 0.4) is 0 Å². The number of nitrogens with zero attached hydrogens (tertiary/aromatic N) is 1. The third-order valence-electron chi connectivity index (χ3n) is 3.92. The molecule has 4 atom stereocenters. The second-order valence-electron chi connectivity index (χ2n) is 4.87. The molecule has 0 radical (unpaired) electrons. The van der Waals surface area contributed by atoms with Crippen molar-refractivity contribution in [1.82, 2.24) is 5.06 Å². The van der Waals surface area contributed by atoms with Crippen LogP contribution in [0, 0.1) is 23.7 Å². The summed E-state index contributed by atoms with van der Waals surface area (Å²) >= 11 is 3.11. The summed E-state index contributed by atoms with van der Waals surface area (Å²) in [6, 6.07) is 0. The summed E-state index contributed by atoms with van der Waals surface area (Å²) in [4.78, 5) is 40.5. The van der Waals surface area contributed by atoms with Crippen LogP contribution < -0.4 is 0 Å². The quantitative estimate of drug-likeness (QED) is 0.443. The molecule has 6 heteroatoms. The number of amides is 2. The van der Waals surface area contributed by atoms with Crippen LogP contribution in [0.15, 0.2) is 12.2 Å². The Labute approximate surface area is 112 Å². The molecule has 0 N–H and O–H groups in total. The zero-order chi connectivity index (χ0) is 12.9. The van der Waals surface area contributed by atoms with E-state index in [0.29, 0.717) is 10.4 Å². The minimum atomic E-state index is -0.561. The Hall–Kier alpha value is -1.17. The average Bonchev–Trinajstić information content (AvgIpc) is 2.99. The van der Waals surface area contributed by atoms with Gasteiger partial charge in [0.15, 0.2) is 0 Å². The average molecular weight is 314 g/mol. The van der Waals surface area contributed by atoms with Crippen LogP contribution in [0.4, 0.5) is 0 Å². The predicted octanol–water partition coefficient (Wildman–Crippen LogP) is 1.04. The largest absolute Gasteiger partial charge is 0.334 e. The normalized spacial score (nSPS) is 36.4. The van der Waals surface area contributed by atoms with Gasteiger partial charge in [-0.3, -0.25) is 9.59 Å². The lowest BCUT2D eigenvalue weighted by atomic mass is 9.85. The van der Waals surface area contributed by atoms with Crippen molar-refractivity contribution in [1.29, 1.82) is 0 Å². The van der Waals surface area contributed by atoms with Crippen molar-refractivity contribution in [3.8, 4) is 0 Å². The Kier molecular flexibility index (Phi) is 2.77. The molecule has 2 unspecified atom stereocenters. The number of imide groups is 1. The van der Waals surface area contributed by atoms with Crippen LogP contribution in [-0.4, -0.2) is 28.2 Å². The van der Waals surface area contributed by atoms with Crippen LogP contribution in [0.1, 0.15) is 12.8 Å². The van der Waals surface area contributed by atoms with E-state index in [2.05, 4.69) is 15.9 Å². The van der Waals surface area contributed by atoms with Gasteiger partial charge in [-0.05, 0) is 18.3 Å². The fraction of sp³-hybridized carbons (Fsp3) is 0.583. The predicted molar refractivity (Wildman–Crippen MR) is 64.1 cm³/mol. The van der Waals surface area contributed by atoms with E-state index in [0.717, 1.165) is 6.42 Å². The fourth-order valence-electron chi connectivity index (χ4n) is 3.19. The van der Waals surface area contributed by atoms with E-state index < -0.39 is 5.97 Å². The summed E-state index contributed by atoms with van der Waals surface area (Å²) in [5.41, 5.74) is 0. The number of hydroxylamine groups is 2. The maximum absolute atomic E-state index is 12.1. The number of carbonyl (C=O) groups is 3. The highest BCUT2D eigenvalue weighted by Crippen LogP contribution is 2.52. The minimum absolute atomic E-state index is 0.135. The molecule has 96 valence electrons. The third kappa shape index (κ3) is 1.55. The van der Waals surface area contributed by atoms with Crippen molar-refractivity contribution < 1.29 is 19.2 Å². The molecular formula is C12H12BrNO4. The molecule has 1 saturated heterocycles. The lowest BCUT2D eigenvalue weighted by molar-refractivity contribution is -0.199. The molecule has 3 rings (SSSR count). The lowest BCUT2D eigenvalue weighted by Crippen LogP contribution is -2.35. The van der Waals surface area contributed by atoms with Crippen LogP contribution in [0.2, 0.25) is 0 Å². The van der Waals surface area contributed by atoms with Crippen LogP contribution in [0.25, 0.3) is 0 Å². The van der Waals surface area contributed by atoms with E-state index in [1.165, 1.54) is 0 Å². The number of hydrogen-bond donors (Lipinski definition) is 0. The summed E-state index contributed by atoms with van der Waals surface area (Å²) in [6.07, 6.45) is 5.01. The molecule has 2 amide bonds. The number of halogens is 1. The zero-order valence-electron chi connectivity index (χ0n) is 9.54. The van der Waals surface area contributed by atoms with E-state index >= 15 is 0 Å². The Balaban J connectivity index is 1.78. The van der Waals surface area contributed by atoms with Crippen molar-refractivity contribution in [3.63, 3.8) is 0 Å². The molecule has 0 aromatic rings. The first-order valence-electron chi connectivity index (χ1n) is 5.96. The van der Waals surface area contributed by atoms with Gasteiger partial charge in [0.05, 0.1) is 18.3 Å². The molecule has 1 aliphatic heterocycles. The van der Waals surface area contributed by atoms with Gasteiger partial charge in [0.25, 0.3) is 11.8 Å². The molecular weight excluding hydrogens is 302 g/mol. The number of fused-ring (bicyclic) bond motifs is 5. The number of allylic oxidation sites excluding steroid dienone is 2. The van der Waals surface area contributed by atoms with E-state index in [1.54, 1.807) is 0 Å². The summed E-state index contributed by atoms with van der Waals surface area (Å²) in [6.45, 7) is 0. The van der Waals surface area contributed by atoms with Crippen molar-refractivity contribution in [2.24, 2.45) is 23.7 Å². The first kappa shape index (κ1) is 11.9. The van der Waals surface area contributed by atoms with Gasteiger partial charge < -0.3 is 4.84 Å². The van der Waals surface area contributed by atoms with E-state index in [9.17, 15) is 14.4 Å². The smallest absolute Gasteiger partial charge is 0.330 e. The highest BCUT2D eigenvalue weighted by Gasteiger charge is 2.60. The lowest BCUT2D eigenvalue weighted by Gasteiger charge is -2.15. The standard InChI is InChI=1S/C12H12BrNO4/c13-4-3-8(15)18-14-11(16)9-6-1-2-7(5-6)10(9)12(14)17/h1-2,6-7,9-10H,3-5H2/t6?,7?,9-,10+. The van der Waals surface area contributed by atoms with Gasteiger partial charge in [0.2, 0.25) is 0 Å². The van der Waals surface area contributed by atoms with Crippen LogP contribution >= 0.6 is 15.9 Å². The van der Waals surface area contributed by atoms with Crippen LogP contribution in [-0.2, 0) is 19.2 Å². The summed E-state index contributed by atoms with van der Waals surface area (Å²) < 4.78 is 0. The van der Waals surface area contributed by atoms with Crippen LogP contribution in [0.5, 0.6) is 0 Å². The Morgan fingerprint density at radius 2 is 1.83 bits per heavy atom. The van der Waals surface area contributed by atoms with E-state index in [4.69, 9.17) is 4.84 Å². The maximum Gasteiger partial charge on any atom is 0.334 e. The first-order valence-corrected chi connectivity index (χ1v) is 7.08. The molecule has 2 fully saturated rings. The number of hydrogen-bond acceptors (Lipinski definition) is 4. The SMILES string of the molecule is O=C(CCBr)ON1C(=O)[C@@H]2C3C=CC(C3)[C@@H]2C1=O. The zero-order valence-corrected chi connectivity index (χ0v) is 11.1. The molecule has 1 saturated carbocycles. The highest BCUT2D eigenvalue weighted by molar-refractivity contribution is 9.09. The molecule has 2 bridgehead atoms. The molecule has 2 aliphatic carbocycles. The number of carbonyl (C=O) groups excluding carboxylic acids is 3. The molecule has 0 aromatic heterocycles. The van der Waals surface area contributed by atoms with Crippen molar-refractivity contribution in [2.75, 3.05) is 5.33 Å². The minimum Gasteiger partial charge on any atom is -0.330 e. The van der Waals surface area contributed by atoms with Gasteiger partial charge in [-0.15, -0.1) is 5.06 Å². The summed E-state index contributed by atoms with van der Waals surface area (Å²) in [7, 11) is 0. The monoisotopic (exact) mass is 313 g/mol. The Bertz CT molecular complexity index is 431. The fourth-order valence-corrected chi connectivity index (χ4v) is 3.51. The second kappa shape index (κ2) is 4.19. The van der Waals surface area contributed by atoms with Crippen molar-refractivity contribution >= 4 is 33.7 Å². The molecule has 0 aromatic carbocycles. The topological polar surface area (TPSA) is 63.7 Å². The van der Waals surface area contributed by atoms with Crippen molar-refractivity contribution in [3.05, 3.63) is 12.2 Å². The van der Waals surface area contributed by atoms with E-state index in [-0.39, 0.29) is 41.9 Å². The summed E-state index contributed by atoms with van der Waals surface area (Å²) in [5, 5.41) is 1.13. The van der Waals surface area contributed by atoms with Gasteiger partial charge in [-0.2, -0.15) is 0 Å². The maximum atomic E-state index is 12.1. The number of alkyl halides is 1. The van der Waals surface area contributed by atoms with Gasteiger partial charge in [-0.1, -0.05) is 28.1 Å². The molecule has 0 spiro atoms.